The molecule has 4 rings (SSSR count). The van der Waals surface area contributed by atoms with Gasteiger partial charge in [-0.15, -0.1) is 0 Å². The lowest BCUT2D eigenvalue weighted by atomic mass is 10.1. The molecule has 0 fully saturated rings. The van der Waals surface area contributed by atoms with Gasteiger partial charge in [0.25, 0.3) is 17.7 Å². The number of carbonyl (C=O) groups is 2. The van der Waals surface area contributed by atoms with Gasteiger partial charge in [-0.05, 0) is 54.6 Å². The van der Waals surface area contributed by atoms with E-state index in [2.05, 4.69) is 15.5 Å². The maximum Gasteiger partial charge on any atom is 0.257 e. The van der Waals surface area contributed by atoms with E-state index in [0.717, 1.165) is 0 Å². The number of rotatable bonds is 8. The minimum Gasteiger partial charge on any atom is -0.348 e. The number of hydrogen-bond acceptors (Lipinski definition) is 5. The molecule has 35 heavy (non-hydrogen) atoms. The molecule has 1 aromatic heterocycles. The first-order chi connectivity index (χ1) is 16.9. The summed E-state index contributed by atoms with van der Waals surface area (Å²) in [7, 11) is 1.70. The van der Waals surface area contributed by atoms with Crippen LogP contribution in [0.4, 0.5) is 4.39 Å². The minimum absolute atomic E-state index is 0.0925. The van der Waals surface area contributed by atoms with Gasteiger partial charge < -0.3 is 14.7 Å². The second-order valence-electron chi connectivity index (χ2n) is 7.85. The van der Waals surface area contributed by atoms with Crippen LogP contribution in [0, 0.1) is 5.82 Å². The van der Waals surface area contributed by atoms with Crippen molar-refractivity contribution >= 4 is 23.4 Å². The predicted molar refractivity (Wildman–Crippen MR) is 129 cm³/mol. The van der Waals surface area contributed by atoms with Gasteiger partial charge in [-0.1, -0.05) is 35.0 Å². The quantitative estimate of drug-likeness (QED) is 0.382. The molecule has 3 aromatic carbocycles. The van der Waals surface area contributed by atoms with E-state index in [1.54, 1.807) is 78.7 Å². The van der Waals surface area contributed by atoms with Gasteiger partial charge >= 0.3 is 0 Å². The van der Waals surface area contributed by atoms with E-state index in [1.807, 2.05) is 0 Å². The number of amides is 2. The molecule has 9 heteroatoms. The molecule has 4 aromatic rings. The van der Waals surface area contributed by atoms with Crippen LogP contribution in [0.5, 0.6) is 0 Å². The Kier molecular flexibility index (Phi) is 7.52. The highest BCUT2D eigenvalue weighted by molar-refractivity contribution is 6.30. The molecule has 0 saturated heterocycles. The molecule has 1 N–H and O–H groups in total. The van der Waals surface area contributed by atoms with Crippen LogP contribution in [-0.2, 0) is 13.0 Å². The molecule has 0 bridgehead atoms. The van der Waals surface area contributed by atoms with Crippen molar-refractivity contribution in [3.05, 3.63) is 106 Å². The Morgan fingerprint density at radius 3 is 2.40 bits per heavy atom. The topological polar surface area (TPSA) is 88.3 Å². The van der Waals surface area contributed by atoms with Gasteiger partial charge in [-0.2, -0.15) is 4.98 Å². The zero-order valence-corrected chi connectivity index (χ0v) is 19.6. The second kappa shape index (κ2) is 10.9. The summed E-state index contributed by atoms with van der Waals surface area (Å²) in [6.07, 6.45) is 0.413. The molecule has 1 heterocycles. The SMILES string of the molecule is CN(CCc1noc(-c2ccc(C(=O)NCc3ccccc3F)cc2)n1)C(=O)c1ccc(Cl)cc1. The van der Waals surface area contributed by atoms with Crippen molar-refractivity contribution < 1.29 is 18.5 Å². The van der Waals surface area contributed by atoms with Crippen molar-refractivity contribution in [3.63, 3.8) is 0 Å². The first-order valence-electron chi connectivity index (χ1n) is 10.9. The number of carbonyl (C=O) groups excluding carboxylic acids is 2. The maximum atomic E-state index is 13.7. The smallest absolute Gasteiger partial charge is 0.257 e. The number of aromatic nitrogens is 2. The van der Waals surface area contributed by atoms with E-state index in [-0.39, 0.29) is 24.2 Å². The zero-order valence-electron chi connectivity index (χ0n) is 18.9. The van der Waals surface area contributed by atoms with Gasteiger partial charge in [-0.25, -0.2) is 4.39 Å². The third kappa shape index (κ3) is 6.10. The van der Waals surface area contributed by atoms with Crippen molar-refractivity contribution in [3.8, 4) is 11.5 Å². The third-order valence-corrected chi connectivity index (χ3v) is 5.62. The van der Waals surface area contributed by atoms with Crippen molar-refractivity contribution in [2.45, 2.75) is 13.0 Å². The van der Waals surface area contributed by atoms with Gasteiger partial charge in [0.15, 0.2) is 5.82 Å². The molecular formula is C26H22ClFN4O3. The normalized spacial score (nSPS) is 10.7. The predicted octanol–water partition coefficient (Wildman–Crippen LogP) is 4.77. The summed E-state index contributed by atoms with van der Waals surface area (Å²) in [5.41, 5.74) is 2.03. The number of nitrogens with zero attached hydrogens (tertiary/aromatic N) is 3. The molecule has 0 saturated carbocycles. The zero-order chi connectivity index (χ0) is 24.8. The summed E-state index contributed by atoms with van der Waals surface area (Å²) in [4.78, 5) is 30.8. The number of benzene rings is 3. The Morgan fingerprint density at radius 2 is 1.69 bits per heavy atom. The Morgan fingerprint density at radius 1 is 1.00 bits per heavy atom. The molecule has 0 aliphatic heterocycles. The van der Waals surface area contributed by atoms with E-state index >= 15 is 0 Å². The van der Waals surface area contributed by atoms with Crippen molar-refractivity contribution in [2.75, 3.05) is 13.6 Å². The number of hydrogen-bond donors (Lipinski definition) is 1. The first kappa shape index (κ1) is 24.1. The van der Waals surface area contributed by atoms with E-state index in [4.69, 9.17) is 16.1 Å². The van der Waals surface area contributed by atoms with Crippen LogP contribution in [0.2, 0.25) is 5.02 Å². The van der Waals surface area contributed by atoms with Gasteiger partial charge in [0.1, 0.15) is 5.82 Å². The fraction of sp³-hybridized carbons (Fsp3) is 0.154. The number of halogens is 2. The van der Waals surface area contributed by atoms with Crippen molar-refractivity contribution in [1.29, 1.82) is 0 Å². The third-order valence-electron chi connectivity index (χ3n) is 5.37. The van der Waals surface area contributed by atoms with Gasteiger partial charge in [0.05, 0.1) is 0 Å². The lowest BCUT2D eigenvalue weighted by Crippen LogP contribution is -2.29. The molecule has 0 unspecified atom stereocenters. The first-order valence-corrected chi connectivity index (χ1v) is 11.2. The fourth-order valence-electron chi connectivity index (χ4n) is 3.34. The summed E-state index contributed by atoms with van der Waals surface area (Å²) in [5, 5.41) is 7.25. The van der Waals surface area contributed by atoms with Gasteiger partial charge in [0.2, 0.25) is 0 Å². The summed E-state index contributed by atoms with van der Waals surface area (Å²) in [6.45, 7) is 0.497. The van der Waals surface area contributed by atoms with Crippen LogP contribution in [0.1, 0.15) is 32.1 Å². The Bertz CT molecular complexity index is 1320. The van der Waals surface area contributed by atoms with Crippen LogP contribution in [0.25, 0.3) is 11.5 Å². The Hall–Kier alpha value is -4.04. The largest absolute Gasteiger partial charge is 0.348 e. The highest BCUT2D eigenvalue weighted by Crippen LogP contribution is 2.18. The van der Waals surface area contributed by atoms with E-state index in [9.17, 15) is 14.0 Å². The fourth-order valence-corrected chi connectivity index (χ4v) is 3.46. The van der Waals surface area contributed by atoms with Crippen LogP contribution >= 0.6 is 11.6 Å². The van der Waals surface area contributed by atoms with Crippen molar-refractivity contribution in [2.24, 2.45) is 0 Å². The van der Waals surface area contributed by atoms with E-state index in [0.29, 0.717) is 52.0 Å². The molecule has 2 amide bonds. The average Bonchev–Trinajstić information content (AvgIpc) is 3.36. The van der Waals surface area contributed by atoms with Gasteiger partial charge in [0, 0.05) is 53.8 Å². The lowest BCUT2D eigenvalue weighted by Gasteiger charge is -2.16. The van der Waals surface area contributed by atoms with Crippen LogP contribution in [-0.4, -0.2) is 40.4 Å². The minimum atomic E-state index is -0.365. The number of likely N-dealkylation sites (N-methyl/N-ethyl adjacent to an activating group) is 1. The Balaban J connectivity index is 1.32. The summed E-state index contributed by atoms with van der Waals surface area (Å²) in [5.74, 6) is -0.0444. The molecule has 0 aliphatic carbocycles. The summed E-state index contributed by atoms with van der Waals surface area (Å²) >= 11 is 5.87. The molecule has 7 nitrogen and oxygen atoms in total. The summed E-state index contributed by atoms with van der Waals surface area (Å²) < 4.78 is 19.1. The standard InChI is InChI=1S/C26H22ClFN4O3/c1-32(26(34)19-10-12-21(27)13-11-19)15-14-23-30-25(35-31-23)18-8-6-17(7-9-18)24(33)29-16-20-4-2-3-5-22(20)28/h2-13H,14-16H2,1H3,(H,29,33). The molecule has 0 atom stereocenters. The molecule has 0 spiro atoms. The lowest BCUT2D eigenvalue weighted by molar-refractivity contribution is 0.0795. The molecule has 0 radical (unpaired) electrons. The Labute approximate surface area is 206 Å². The van der Waals surface area contributed by atoms with Crippen LogP contribution in [0.3, 0.4) is 0 Å². The van der Waals surface area contributed by atoms with E-state index in [1.165, 1.54) is 6.07 Å². The molecule has 178 valence electrons. The number of nitrogens with one attached hydrogen (secondary N) is 1. The van der Waals surface area contributed by atoms with Gasteiger partial charge in [-0.3, -0.25) is 9.59 Å². The van der Waals surface area contributed by atoms with Crippen molar-refractivity contribution in [1.82, 2.24) is 20.4 Å². The molecular weight excluding hydrogens is 471 g/mol. The molecule has 0 aliphatic rings. The second-order valence-corrected chi connectivity index (χ2v) is 8.29. The monoisotopic (exact) mass is 492 g/mol. The van der Waals surface area contributed by atoms with E-state index < -0.39 is 0 Å². The van der Waals surface area contributed by atoms with Crippen LogP contribution < -0.4 is 5.32 Å². The highest BCUT2D eigenvalue weighted by atomic mass is 35.5. The summed E-state index contributed by atoms with van der Waals surface area (Å²) in [6, 6.07) is 19.7. The maximum absolute atomic E-state index is 13.7. The highest BCUT2D eigenvalue weighted by Gasteiger charge is 2.15. The average molecular weight is 493 g/mol. The van der Waals surface area contributed by atoms with Crippen LogP contribution in [0.15, 0.2) is 77.3 Å².